The predicted molar refractivity (Wildman–Crippen MR) is 85.6 cm³/mol. The van der Waals surface area contributed by atoms with Crippen molar-refractivity contribution in [2.24, 2.45) is 0 Å². The molecule has 0 unspecified atom stereocenters. The molecule has 128 valence electrons. The van der Waals surface area contributed by atoms with Crippen molar-refractivity contribution in [2.45, 2.75) is 32.4 Å². The van der Waals surface area contributed by atoms with Crippen LogP contribution >= 0.6 is 0 Å². The van der Waals surface area contributed by atoms with Crippen LogP contribution in [-0.4, -0.2) is 22.9 Å². The Hall–Kier alpha value is -2.31. The van der Waals surface area contributed by atoms with E-state index in [1.165, 1.54) is 16.8 Å². The fourth-order valence-electron chi connectivity index (χ4n) is 2.94. The molecule has 2 heterocycles. The zero-order chi connectivity index (χ0) is 17.3. The maximum Gasteiger partial charge on any atom is 0.416 e. The highest BCUT2D eigenvalue weighted by atomic mass is 19.4. The number of benzene rings is 1. The monoisotopic (exact) mass is 337 g/mol. The molecule has 4 nitrogen and oxygen atoms in total. The second kappa shape index (κ2) is 6.30. The minimum atomic E-state index is -4.42. The van der Waals surface area contributed by atoms with Gasteiger partial charge in [0.15, 0.2) is 5.82 Å². The third-order valence-corrected chi connectivity index (χ3v) is 4.16. The lowest BCUT2D eigenvalue weighted by Gasteiger charge is -2.27. The van der Waals surface area contributed by atoms with Crippen LogP contribution in [0.2, 0.25) is 0 Å². The molecule has 7 heteroatoms. The molecule has 1 fully saturated rings. The Morgan fingerprint density at radius 2 is 1.79 bits per heavy atom. The van der Waals surface area contributed by atoms with Gasteiger partial charge in [-0.05, 0) is 44.4 Å². The number of aryl methyl sites for hydroxylation is 1. The fourth-order valence-corrected chi connectivity index (χ4v) is 2.94. The second-order valence-electron chi connectivity index (χ2n) is 5.98. The van der Waals surface area contributed by atoms with E-state index >= 15 is 0 Å². The van der Waals surface area contributed by atoms with Gasteiger partial charge >= 0.3 is 6.18 Å². The van der Waals surface area contributed by atoms with Crippen molar-refractivity contribution in [3.8, 4) is 5.69 Å². The first-order valence-corrected chi connectivity index (χ1v) is 7.90. The normalized spacial score (nSPS) is 15.6. The molecule has 0 atom stereocenters. The van der Waals surface area contributed by atoms with Crippen LogP contribution < -0.4 is 10.3 Å². The molecule has 24 heavy (non-hydrogen) atoms. The van der Waals surface area contributed by atoms with Crippen molar-refractivity contribution in [1.29, 1.82) is 0 Å². The molecule has 2 aromatic rings. The van der Waals surface area contributed by atoms with Crippen LogP contribution in [0, 0.1) is 6.92 Å². The summed E-state index contributed by atoms with van der Waals surface area (Å²) >= 11 is 0. The Morgan fingerprint density at radius 3 is 2.46 bits per heavy atom. The van der Waals surface area contributed by atoms with Crippen LogP contribution in [0.4, 0.5) is 19.0 Å². The van der Waals surface area contributed by atoms with Crippen molar-refractivity contribution in [1.82, 2.24) is 9.78 Å². The summed E-state index contributed by atoms with van der Waals surface area (Å²) in [6.45, 7) is 3.15. The van der Waals surface area contributed by atoms with Crippen LogP contribution in [0.5, 0.6) is 0 Å². The molecular formula is C17H18F3N3O. The van der Waals surface area contributed by atoms with Gasteiger partial charge in [0.05, 0.1) is 11.3 Å². The van der Waals surface area contributed by atoms with Gasteiger partial charge in [-0.1, -0.05) is 6.07 Å². The van der Waals surface area contributed by atoms with Crippen LogP contribution in [0.25, 0.3) is 5.69 Å². The molecule has 0 bridgehead atoms. The summed E-state index contributed by atoms with van der Waals surface area (Å²) < 4.78 is 40.2. The van der Waals surface area contributed by atoms with Crippen LogP contribution in [-0.2, 0) is 6.18 Å². The number of halogens is 3. The molecule has 0 spiro atoms. The van der Waals surface area contributed by atoms with Gasteiger partial charge in [-0.25, -0.2) is 4.68 Å². The predicted octanol–water partition coefficient (Wildman–Crippen LogP) is 3.55. The Labute approximate surface area is 137 Å². The molecule has 1 aliphatic heterocycles. The molecular weight excluding hydrogens is 319 g/mol. The number of nitrogens with zero attached hydrogens (tertiary/aromatic N) is 3. The quantitative estimate of drug-likeness (QED) is 0.841. The van der Waals surface area contributed by atoms with Gasteiger partial charge in [-0.15, -0.1) is 5.10 Å². The van der Waals surface area contributed by atoms with Crippen molar-refractivity contribution in [3.63, 3.8) is 0 Å². The summed E-state index contributed by atoms with van der Waals surface area (Å²) in [7, 11) is 0. The second-order valence-corrected chi connectivity index (χ2v) is 5.98. The van der Waals surface area contributed by atoms with Crippen molar-refractivity contribution >= 4 is 5.82 Å². The molecule has 1 aliphatic rings. The van der Waals surface area contributed by atoms with Crippen LogP contribution in [0.1, 0.15) is 30.5 Å². The van der Waals surface area contributed by atoms with E-state index in [9.17, 15) is 18.0 Å². The molecule has 1 aromatic carbocycles. The number of hydrogen-bond donors (Lipinski definition) is 0. The Balaban J connectivity index is 2.06. The number of alkyl halides is 3. The van der Waals surface area contributed by atoms with E-state index in [-0.39, 0.29) is 5.43 Å². The molecule has 0 N–H and O–H groups in total. The van der Waals surface area contributed by atoms with Crippen LogP contribution in [0.15, 0.2) is 35.1 Å². The fraction of sp³-hybridized carbons (Fsp3) is 0.412. The maximum atomic E-state index is 12.9. The first-order valence-electron chi connectivity index (χ1n) is 7.90. The largest absolute Gasteiger partial charge is 0.416 e. The molecule has 0 aliphatic carbocycles. The van der Waals surface area contributed by atoms with E-state index in [0.717, 1.165) is 44.5 Å². The number of hydrogen-bond acceptors (Lipinski definition) is 3. The van der Waals surface area contributed by atoms with Gasteiger partial charge in [0, 0.05) is 24.8 Å². The molecule has 1 saturated heterocycles. The highest BCUT2D eigenvalue weighted by molar-refractivity contribution is 5.43. The third-order valence-electron chi connectivity index (χ3n) is 4.16. The van der Waals surface area contributed by atoms with Gasteiger partial charge in [-0.2, -0.15) is 13.2 Å². The summed E-state index contributed by atoms with van der Waals surface area (Å²) in [5, 5.41) is 4.35. The summed E-state index contributed by atoms with van der Waals surface area (Å²) in [6, 6.07) is 6.40. The number of aromatic nitrogens is 2. The molecule has 0 radical (unpaired) electrons. The SMILES string of the molecule is Cc1cc(=O)c(N2CCCCC2)nn1-c1cccc(C(F)(F)F)c1. The number of anilines is 1. The van der Waals surface area contributed by atoms with Gasteiger partial charge in [0.25, 0.3) is 0 Å². The zero-order valence-electron chi connectivity index (χ0n) is 13.3. The molecule has 0 amide bonds. The Morgan fingerprint density at radius 1 is 1.08 bits per heavy atom. The lowest BCUT2D eigenvalue weighted by atomic mass is 10.1. The maximum absolute atomic E-state index is 12.9. The number of rotatable bonds is 2. The summed E-state index contributed by atoms with van der Waals surface area (Å²) in [6.07, 6.45) is -1.33. The van der Waals surface area contributed by atoms with Crippen molar-refractivity contribution < 1.29 is 13.2 Å². The topological polar surface area (TPSA) is 38.1 Å². The van der Waals surface area contributed by atoms with E-state index in [0.29, 0.717) is 17.2 Å². The third kappa shape index (κ3) is 3.29. The molecule has 1 aromatic heterocycles. The van der Waals surface area contributed by atoms with E-state index in [2.05, 4.69) is 5.10 Å². The summed E-state index contributed by atoms with van der Waals surface area (Å²) in [5.74, 6) is 0.303. The van der Waals surface area contributed by atoms with Gasteiger partial charge < -0.3 is 4.90 Å². The summed E-state index contributed by atoms with van der Waals surface area (Å²) in [5.41, 5.74) is -0.141. The van der Waals surface area contributed by atoms with Gasteiger partial charge in [-0.3, -0.25) is 4.79 Å². The first kappa shape index (κ1) is 16.5. The van der Waals surface area contributed by atoms with Gasteiger partial charge in [0.2, 0.25) is 5.43 Å². The van der Waals surface area contributed by atoms with E-state index in [1.54, 1.807) is 13.0 Å². The standard InChI is InChI=1S/C17H18F3N3O/c1-12-10-15(24)16(22-8-3-2-4-9-22)21-23(12)14-7-5-6-13(11-14)17(18,19)20/h5-7,10-11H,2-4,8-9H2,1H3. The first-order chi connectivity index (χ1) is 11.4. The van der Waals surface area contributed by atoms with Crippen molar-refractivity contribution in [2.75, 3.05) is 18.0 Å². The molecule has 3 rings (SSSR count). The van der Waals surface area contributed by atoms with E-state index in [1.807, 2.05) is 4.90 Å². The lowest BCUT2D eigenvalue weighted by Crippen LogP contribution is -2.35. The van der Waals surface area contributed by atoms with Crippen LogP contribution in [0.3, 0.4) is 0 Å². The smallest absolute Gasteiger partial charge is 0.352 e. The molecule has 0 saturated carbocycles. The minimum absolute atomic E-state index is 0.197. The highest BCUT2D eigenvalue weighted by Crippen LogP contribution is 2.30. The van der Waals surface area contributed by atoms with E-state index in [4.69, 9.17) is 0 Å². The number of piperidine rings is 1. The Kier molecular flexibility index (Phi) is 4.34. The highest BCUT2D eigenvalue weighted by Gasteiger charge is 2.30. The van der Waals surface area contributed by atoms with E-state index < -0.39 is 11.7 Å². The minimum Gasteiger partial charge on any atom is -0.352 e. The average Bonchev–Trinajstić information content (AvgIpc) is 2.55. The van der Waals surface area contributed by atoms with Gasteiger partial charge in [0.1, 0.15) is 0 Å². The zero-order valence-corrected chi connectivity index (χ0v) is 13.3. The summed E-state index contributed by atoms with van der Waals surface area (Å²) in [4.78, 5) is 14.2. The van der Waals surface area contributed by atoms with Crippen molar-refractivity contribution in [3.05, 3.63) is 51.8 Å². The Bertz CT molecular complexity index is 792. The average molecular weight is 337 g/mol. The lowest BCUT2D eigenvalue weighted by molar-refractivity contribution is -0.137.